The van der Waals surface area contributed by atoms with Gasteiger partial charge in [-0.15, -0.1) is 0 Å². The predicted molar refractivity (Wildman–Crippen MR) is 113 cm³/mol. The summed E-state index contributed by atoms with van der Waals surface area (Å²) in [5.41, 5.74) is 9.15. The van der Waals surface area contributed by atoms with Crippen LogP contribution in [0.25, 0.3) is 5.57 Å². The summed E-state index contributed by atoms with van der Waals surface area (Å²) in [6.07, 6.45) is 7.10. The first-order valence-electron chi connectivity index (χ1n) is 9.09. The van der Waals surface area contributed by atoms with Crippen LogP contribution in [0.15, 0.2) is 66.1 Å². The Bertz CT molecular complexity index is 1000. The molecule has 0 spiro atoms. The molecule has 0 unspecified atom stereocenters. The highest BCUT2D eigenvalue weighted by Crippen LogP contribution is 2.26. The van der Waals surface area contributed by atoms with E-state index in [1.54, 1.807) is 32.8 Å². The molecule has 3 aromatic rings. The largest absolute Gasteiger partial charge is 0.491 e. The van der Waals surface area contributed by atoms with Gasteiger partial charge in [0.15, 0.2) is 11.6 Å². The lowest BCUT2D eigenvalue weighted by Gasteiger charge is -2.11. The second-order valence-corrected chi connectivity index (χ2v) is 6.18. The van der Waals surface area contributed by atoms with E-state index in [4.69, 9.17) is 15.2 Å². The van der Waals surface area contributed by atoms with E-state index < -0.39 is 0 Å². The lowest BCUT2D eigenvalue weighted by atomic mass is 10.1. The number of hydrogen-bond donors (Lipinski definition) is 1. The third kappa shape index (κ3) is 5.38. The molecule has 0 fully saturated rings. The molecule has 0 aliphatic carbocycles. The Labute approximate surface area is 170 Å². The van der Waals surface area contributed by atoms with Gasteiger partial charge in [0, 0.05) is 44.0 Å². The number of nitrogens with two attached hydrogens (primary N) is 1. The molecular weight excluding hydrogens is 366 g/mol. The molecule has 1 aromatic carbocycles. The maximum atomic E-state index is 5.81. The summed E-state index contributed by atoms with van der Waals surface area (Å²) in [7, 11) is 3.27. The molecule has 0 radical (unpaired) electrons. The first-order chi connectivity index (χ1) is 14.2. The number of benzene rings is 1. The standard InChI is InChI=1S/C22H23N5O2/c1-24-14-18(12-23)21-25-9-8-19(27-21)10-17-11-20(28-2)22(26-13-17)29-15-16-6-4-3-5-7-16/h3-9,11-14H,10,15,23H2,1-2H3. The van der Waals surface area contributed by atoms with Crippen molar-refractivity contribution in [2.45, 2.75) is 13.0 Å². The van der Waals surface area contributed by atoms with Gasteiger partial charge >= 0.3 is 0 Å². The summed E-state index contributed by atoms with van der Waals surface area (Å²) in [4.78, 5) is 17.2. The molecule has 148 valence electrons. The Morgan fingerprint density at radius 1 is 1.14 bits per heavy atom. The Morgan fingerprint density at radius 2 is 1.97 bits per heavy atom. The van der Waals surface area contributed by atoms with Crippen LogP contribution >= 0.6 is 0 Å². The Balaban J connectivity index is 1.75. The van der Waals surface area contributed by atoms with Gasteiger partial charge in [0.25, 0.3) is 5.88 Å². The molecule has 0 bridgehead atoms. The zero-order valence-corrected chi connectivity index (χ0v) is 16.4. The average Bonchev–Trinajstić information content (AvgIpc) is 2.77. The average molecular weight is 389 g/mol. The van der Waals surface area contributed by atoms with Gasteiger partial charge < -0.3 is 15.2 Å². The molecule has 0 aliphatic rings. The zero-order chi connectivity index (χ0) is 20.5. The maximum Gasteiger partial charge on any atom is 0.257 e. The van der Waals surface area contributed by atoms with Crippen molar-refractivity contribution < 1.29 is 9.47 Å². The minimum absolute atomic E-state index is 0.423. The van der Waals surface area contributed by atoms with Crippen LogP contribution < -0.4 is 15.2 Å². The van der Waals surface area contributed by atoms with Crippen LogP contribution in [0, 0.1) is 0 Å². The molecule has 0 atom stereocenters. The minimum atomic E-state index is 0.423. The number of rotatable bonds is 8. The summed E-state index contributed by atoms with van der Waals surface area (Å²) >= 11 is 0. The number of hydrogen-bond acceptors (Lipinski definition) is 7. The fourth-order valence-electron chi connectivity index (χ4n) is 2.71. The van der Waals surface area contributed by atoms with Gasteiger partial charge in [0.1, 0.15) is 6.61 Å². The Morgan fingerprint density at radius 3 is 2.69 bits per heavy atom. The molecule has 0 aliphatic heterocycles. The van der Waals surface area contributed by atoms with Gasteiger partial charge in [-0.1, -0.05) is 30.3 Å². The SMILES string of the molecule is CN=CC(=CN)c1nccc(Cc2cnc(OCc3ccccc3)c(OC)c2)n1. The van der Waals surface area contributed by atoms with Crippen molar-refractivity contribution in [3.8, 4) is 11.6 Å². The fraction of sp³-hybridized carbons (Fsp3) is 0.182. The van der Waals surface area contributed by atoms with Crippen LogP contribution in [-0.2, 0) is 13.0 Å². The van der Waals surface area contributed by atoms with Crippen molar-refractivity contribution in [3.05, 3.63) is 83.7 Å². The molecular formula is C22H23N5O2. The topological polar surface area (TPSA) is 95.5 Å². The summed E-state index contributed by atoms with van der Waals surface area (Å²) in [5, 5.41) is 0. The summed E-state index contributed by atoms with van der Waals surface area (Å²) in [6, 6.07) is 13.7. The molecule has 7 nitrogen and oxygen atoms in total. The van der Waals surface area contributed by atoms with Gasteiger partial charge in [-0.3, -0.25) is 4.99 Å². The van der Waals surface area contributed by atoms with Crippen LogP contribution in [-0.4, -0.2) is 35.3 Å². The molecule has 2 N–H and O–H groups in total. The fourth-order valence-corrected chi connectivity index (χ4v) is 2.71. The number of methoxy groups -OCH3 is 1. The molecule has 0 amide bonds. The van der Waals surface area contributed by atoms with E-state index in [9.17, 15) is 0 Å². The van der Waals surface area contributed by atoms with E-state index in [-0.39, 0.29) is 0 Å². The minimum Gasteiger partial charge on any atom is -0.491 e. The molecule has 2 heterocycles. The van der Waals surface area contributed by atoms with Crippen molar-refractivity contribution in [3.63, 3.8) is 0 Å². The lowest BCUT2D eigenvalue weighted by Crippen LogP contribution is -2.03. The van der Waals surface area contributed by atoms with E-state index in [0.717, 1.165) is 16.8 Å². The summed E-state index contributed by atoms with van der Waals surface area (Å²) in [6.45, 7) is 0.423. The molecule has 2 aromatic heterocycles. The van der Waals surface area contributed by atoms with Crippen LogP contribution in [0.5, 0.6) is 11.6 Å². The zero-order valence-electron chi connectivity index (χ0n) is 16.4. The van der Waals surface area contributed by atoms with Crippen molar-refractivity contribution >= 4 is 11.8 Å². The monoisotopic (exact) mass is 389 g/mol. The smallest absolute Gasteiger partial charge is 0.257 e. The number of ether oxygens (including phenoxy) is 2. The highest BCUT2D eigenvalue weighted by atomic mass is 16.5. The number of pyridine rings is 1. The van der Waals surface area contributed by atoms with E-state index in [1.807, 2.05) is 42.5 Å². The van der Waals surface area contributed by atoms with Crippen LogP contribution in [0.1, 0.15) is 22.6 Å². The highest BCUT2D eigenvalue weighted by molar-refractivity contribution is 6.07. The van der Waals surface area contributed by atoms with Crippen LogP contribution in [0.2, 0.25) is 0 Å². The van der Waals surface area contributed by atoms with Crippen molar-refractivity contribution in [2.75, 3.05) is 14.2 Å². The van der Waals surface area contributed by atoms with E-state index in [2.05, 4.69) is 19.9 Å². The molecule has 0 saturated carbocycles. The molecule has 7 heteroatoms. The molecule has 0 saturated heterocycles. The molecule has 29 heavy (non-hydrogen) atoms. The van der Waals surface area contributed by atoms with E-state index >= 15 is 0 Å². The first kappa shape index (κ1) is 20.0. The summed E-state index contributed by atoms with van der Waals surface area (Å²) in [5.74, 6) is 1.56. The summed E-state index contributed by atoms with van der Waals surface area (Å²) < 4.78 is 11.3. The third-order valence-corrected chi connectivity index (χ3v) is 4.12. The second-order valence-electron chi connectivity index (χ2n) is 6.18. The quantitative estimate of drug-likeness (QED) is 0.595. The Kier molecular flexibility index (Phi) is 6.89. The van der Waals surface area contributed by atoms with Gasteiger partial charge in [-0.25, -0.2) is 15.0 Å². The van der Waals surface area contributed by atoms with Crippen LogP contribution in [0.3, 0.4) is 0 Å². The van der Waals surface area contributed by atoms with Crippen molar-refractivity contribution in [1.82, 2.24) is 15.0 Å². The van der Waals surface area contributed by atoms with Gasteiger partial charge in [0.05, 0.1) is 12.7 Å². The van der Waals surface area contributed by atoms with Gasteiger partial charge in [-0.2, -0.15) is 0 Å². The normalized spacial score (nSPS) is 11.6. The Hall–Kier alpha value is -3.74. The number of allylic oxidation sites excluding steroid dienone is 1. The number of aromatic nitrogens is 3. The highest BCUT2D eigenvalue weighted by Gasteiger charge is 2.10. The van der Waals surface area contributed by atoms with Crippen molar-refractivity contribution in [2.24, 2.45) is 10.7 Å². The van der Waals surface area contributed by atoms with Crippen molar-refractivity contribution in [1.29, 1.82) is 0 Å². The molecule has 3 rings (SSSR count). The van der Waals surface area contributed by atoms with E-state index in [0.29, 0.717) is 36.1 Å². The van der Waals surface area contributed by atoms with Gasteiger partial charge in [0.2, 0.25) is 0 Å². The van der Waals surface area contributed by atoms with Crippen LogP contribution in [0.4, 0.5) is 0 Å². The third-order valence-electron chi connectivity index (χ3n) is 4.12. The first-order valence-corrected chi connectivity index (χ1v) is 9.09. The predicted octanol–water partition coefficient (Wildman–Crippen LogP) is 3.05. The second kappa shape index (κ2) is 9.98. The number of aliphatic imine (C=N–C) groups is 1. The van der Waals surface area contributed by atoms with Gasteiger partial charge in [-0.05, 0) is 23.3 Å². The number of nitrogens with zero attached hydrogens (tertiary/aromatic N) is 4. The van der Waals surface area contributed by atoms with E-state index in [1.165, 1.54) is 6.20 Å². The maximum absolute atomic E-state index is 5.81. The lowest BCUT2D eigenvalue weighted by molar-refractivity contribution is 0.272.